The normalized spacial score (nSPS) is 15.7. The SMILES string of the molecule is COc1cc(/C=C2\SC(=S)N(c3ccc(N(C)C)cc3)C2=O)ccc1O. The van der Waals surface area contributed by atoms with Gasteiger partial charge in [0.2, 0.25) is 0 Å². The number of hydrogen-bond donors (Lipinski definition) is 1. The Kier molecular flexibility index (Phi) is 5.20. The zero-order valence-corrected chi connectivity index (χ0v) is 16.2. The van der Waals surface area contributed by atoms with Crippen molar-refractivity contribution in [3.63, 3.8) is 0 Å². The van der Waals surface area contributed by atoms with Crippen LogP contribution in [0.2, 0.25) is 0 Å². The van der Waals surface area contributed by atoms with Crippen LogP contribution in [0.25, 0.3) is 6.08 Å². The second kappa shape index (κ2) is 7.39. The van der Waals surface area contributed by atoms with Gasteiger partial charge in [0.25, 0.3) is 5.91 Å². The number of benzene rings is 2. The molecule has 1 aliphatic rings. The van der Waals surface area contributed by atoms with E-state index in [4.69, 9.17) is 17.0 Å². The van der Waals surface area contributed by atoms with Gasteiger partial charge < -0.3 is 14.7 Å². The number of methoxy groups -OCH3 is 1. The minimum Gasteiger partial charge on any atom is -0.504 e. The topological polar surface area (TPSA) is 53.0 Å². The van der Waals surface area contributed by atoms with Crippen LogP contribution in [0.1, 0.15) is 5.56 Å². The smallest absolute Gasteiger partial charge is 0.270 e. The fraction of sp³-hybridized carbons (Fsp3) is 0.158. The van der Waals surface area contributed by atoms with Gasteiger partial charge in [-0.25, -0.2) is 0 Å². The average molecular weight is 386 g/mol. The molecule has 26 heavy (non-hydrogen) atoms. The van der Waals surface area contributed by atoms with Crippen molar-refractivity contribution in [2.45, 2.75) is 0 Å². The molecule has 1 heterocycles. The largest absolute Gasteiger partial charge is 0.504 e. The van der Waals surface area contributed by atoms with Crippen molar-refractivity contribution in [2.75, 3.05) is 31.0 Å². The number of carbonyl (C=O) groups is 1. The summed E-state index contributed by atoms with van der Waals surface area (Å²) in [7, 11) is 5.41. The van der Waals surface area contributed by atoms with Gasteiger partial charge in [-0.05, 0) is 48.0 Å². The number of anilines is 2. The predicted molar refractivity (Wildman–Crippen MR) is 111 cm³/mol. The van der Waals surface area contributed by atoms with Crippen LogP contribution in [0, 0.1) is 0 Å². The van der Waals surface area contributed by atoms with E-state index in [0.29, 0.717) is 15.0 Å². The summed E-state index contributed by atoms with van der Waals surface area (Å²) in [5.41, 5.74) is 2.54. The average Bonchev–Trinajstić information content (AvgIpc) is 2.90. The number of hydrogen-bond acceptors (Lipinski definition) is 6. The lowest BCUT2D eigenvalue weighted by Gasteiger charge is -2.17. The van der Waals surface area contributed by atoms with Crippen LogP contribution in [-0.2, 0) is 4.79 Å². The number of phenols is 1. The van der Waals surface area contributed by atoms with E-state index in [1.165, 1.54) is 29.8 Å². The molecule has 3 rings (SSSR count). The van der Waals surface area contributed by atoms with E-state index in [1.807, 2.05) is 43.3 Å². The molecular weight excluding hydrogens is 368 g/mol. The maximum atomic E-state index is 12.8. The first-order valence-corrected chi connectivity index (χ1v) is 9.05. The fourth-order valence-corrected chi connectivity index (χ4v) is 3.82. The van der Waals surface area contributed by atoms with Crippen molar-refractivity contribution in [1.29, 1.82) is 0 Å². The van der Waals surface area contributed by atoms with Gasteiger partial charge in [-0.1, -0.05) is 30.0 Å². The van der Waals surface area contributed by atoms with Gasteiger partial charge in [0.15, 0.2) is 15.8 Å². The minimum absolute atomic E-state index is 0.0539. The number of phenolic OH excluding ortho intramolecular Hbond substituents is 1. The highest BCUT2D eigenvalue weighted by atomic mass is 32.2. The Morgan fingerprint density at radius 3 is 2.50 bits per heavy atom. The molecule has 0 aromatic heterocycles. The molecule has 0 saturated carbocycles. The Bertz CT molecular complexity index is 892. The quantitative estimate of drug-likeness (QED) is 0.636. The summed E-state index contributed by atoms with van der Waals surface area (Å²) in [5.74, 6) is 0.247. The third kappa shape index (κ3) is 3.54. The molecule has 1 saturated heterocycles. The van der Waals surface area contributed by atoms with Crippen LogP contribution in [0.3, 0.4) is 0 Å². The predicted octanol–water partition coefficient (Wildman–Crippen LogP) is 3.87. The Labute approximate surface area is 161 Å². The Hall–Kier alpha value is -2.51. The van der Waals surface area contributed by atoms with Gasteiger partial charge >= 0.3 is 0 Å². The van der Waals surface area contributed by atoms with Crippen LogP contribution >= 0.6 is 24.0 Å². The van der Waals surface area contributed by atoms with E-state index < -0.39 is 0 Å². The molecule has 5 nitrogen and oxygen atoms in total. The van der Waals surface area contributed by atoms with Crippen LogP contribution in [0.5, 0.6) is 11.5 Å². The number of thiocarbonyl (C=S) groups is 1. The minimum atomic E-state index is -0.162. The van der Waals surface area contributed by atoms with Crippen LogP contribution in [0.15, 0.2) is 47.4 Å². The molecule has 1 amide bonds. The number of carbonyl (C=O) groups excluding carboxylic acids is 1. The summed E-state index contributed by atoms with van der Waals surface area (Å²) in [4.78, 5) is 16.9. The molecule has 2 aromatic carbocycles. The zero-order valence-electron chi connectivity index (χ0n) is 14.6. The molecule has 1 aliphatic heterocycles. The molecule has 1 N–H and O–H groups in total. The molecule has 0 radical (unpaired) electrons. The van der Waals surface area contributed by atoms with Crippen molar-refractivity contribution in [1.82, 2.24) is 0 Å². The van der Waals surface area contributed by atoms with Crippen molar-refractivity contribution >= 4 is 51.7 Å². The molecule has 0 unspecified atom stereocenters. The first kappa shape index (κ1) is 18.3. The lowest BCUT2D eigenvalue weighted by molar-refractivity contribution is -0.113. The number of nitrogens with zero attached hydrogens (tertiary/aromatic N) is 2. The summed E-state index contributed by atoms with van der Waals surface area (Å²) in [6, 6.07) is 12.6. The molecule has 7 heteroatoms. The third-order valence-corrected chi connectivity index (χ3v) is 5.22. The second-order valence-corrected chi connectivity index (χ2v) is 7.53. The first-order valence-electron chi connectivity index (χ1n) is 7.83. The van der Waals surface area contributed by atoms with Gasteiger partial charge in [-0.2, -0.15) is 0 Å². The molecule has 1 fully saturated rings. The molecule has 0 spiro atoms. The summed E-state index contributed by atoms with van der Waals surface area (Å²) >= 11 is 6.65. The van der Waals surface area contributed by atoms with Gasteiger partial charge in [0, 0.05) is 19.8 Å². The summed E-state index contributed by atoms with van der Waals surface area (Å²) in [5, 5.41) is 9.69. The van der Waals surface area contributed by atoms with Crippen LogP contribution in [-0.4, -0.2) is 36.5 Å². The Morgan fingerprint density at radius 1 is 1.19 bits per heavy atom. The maximum absolute atomic E-state index is 12.8. The highest BCUT2D eigenvalue weighted by molar-refractivity contribution is 8.27. The molecule has 0 bridgehead atoms. The fourth-order valence-electron chi connectivity index (χ4n) is 2.53. The van der Waals surface area contributed by atoms with Crippen molar-refractivity contribution < 1.29 is 14.6 Å². The van der Waals surface area contributed by atoms with Crippen molar-refractivity contribution in [2.24, 2.45) is 0 Å². The van der Waals surface area contributed by atoms with E-state index in [2.05, 4.69) is 0 Å². The molecular formula is C19H18N2O3S2. The Morgan fingerprint density at radius 2 is 1.88 bits per heavy atom. The highest BCUT2D eigenvalue weighted by Crippen LogP contribution is 2.37. The van der Waals surface area contributed by atoms with Crippen molar-refractivity contribution in [3.8, 4) is 11.5 Å². The van der Waals surface area contributed by atoms with E-state index >= 15 is 0 Å². The second-order valence-electron chi connectivity index (χ2n) is 5.86. The van der Waals surface area contributed by atoms with Crippen molar-refractivity contribution in [3.05, 3.63) is 52.9 Å². The molecule has 0 aliphatic carbocycles. The number of amides is 1. The number of ether oxygens (including phenoxy) is 1. The zero-order chi connectivity index (χ0) is 18.8. The van der Waals surface area contributed by atoms with E-state index in [1.54, 1.807) is 18.2 Å². The third-order valence-electron chi connectivity index (χ3n) is 3.92. The van der Waals surface area contributed by atoms with E-state index in [0.717, 1.165) is 16.9 Å². The van der Waals surface area contributed by atoms with Crippen LogP contribution in [0.4, 0.5) is 11.4 Å². The first-order chi connectivity index (χ1) is 12.4. The standard InChI is InChI=1S/C19H18N2O3S2/c1-20(2)13-5-7-14(8-6-13)21-18(23)17(26-19(21)25)11-12-4-9-15(22)16(10-12)24-3/h4-11,22H,1-3H3/b17-11-. The lowest BCUT2D eigenvalue weighted by Crippen LogP contribution is -2.27. The number of rotatable bonds is 4. The monoisotopic (exact) mass is 386 g/mol. The molecule has 0 atom stereocenters. The highest BCUT2D eigenvalue weighted by Gasteiger charge is 2.33. The van der Waals surface area contributed by atoms with E-state index in [-0.39, 0.29) is 11.7 Å². The Balaban J connectivity index is 1.89. The van der Waals surface area contributed by atoms with Crippen LogP contribution < -0.4 is 14.5 Å². The number of aromatic hydroxyl groups is 1. The number of thioether (sulfide) groups is 1. The van der Waals surface area contributed by atoms with E-state index in [9.17, 15) is 9.90 Å². The maximum Gasteiger partial charge on any atom is 0.270 e. The summed E-state index contributed by atoms with van der Waals surface area (Å²) in [6.07, 6.45) is 1.75. The molecule has 134 valence electrons. The molecule has 2 aromatic rings. The van der Waals surface area contributed by atoms with Gasteiger partial charge in [0.1, 0.15) is 0 Å². The van der Waals surface area contributed by atoms with Gasteiger partial charge in [-0.3, -0.25) is 9.69 Å². The van der Waals surface area contributed by atoms with Gasteiger partial charge in [0.05, 0.1) is 17.7 Å². The van der Waals surface area contributed by atoms with Gasteiger partial charge in [-0.15, -0.1) is 0 Å². The summed E-state index contributed by atoms with van der Waals surface area (Å²) < 4.78 is 5.60. The summed E-state index contributed by atoms with van der Waals surface area (Å²) in [6.45, 7) is 0. The lowest BCUT2D eigenvalue weighted by atomic mass is 10.2.